The molecule has 0 saturated heterocycles. The number of nitrogens with one attached hydrogen (secondary N) is 1. The van der Waals surface area contributed by atoms with Gasteiger partial charge >= 0.3 is 0 Å². The molecule has 106 valence electrons. The molecule has 0 bridgehead atoms. The molecule has 0 fully saturated rings. The molecule has 4 nitrogen and oxygen atoms in total. The number of hydrogen-bond donors (Lipinski definition) is 1. The Balaban J connectivity index is 2.00. The average molecular weight is 288 g/mol. The van der Waals surface area contributed by atoms with Crippen LogP contribution in [0.25, 0.3) is 0 Å². The molecule has 0 spiro atoms. The van der Waals surface area contributed by atoms with Crippen LogP contribution in [0.3, 0.4) is 0 Å². The standard InChI is InChI=1S/C15H20N4S/c1-11-5-6-14(12(2)9-11)16-15(20)18(3)10-13-7-8-19(4)17-13/h5-9H,10H2,1-4H3,(H,16,20). The van der Waals surface area contributed by atoms with Crippen LogP contribution >= 0.6 is 12.2 Å². The quantitative estimate of drug-likeness (QED) is 0.881. The van der Waals surface area contributed by atoms with Crippen LogP contribution in [-0.2, 0) is 13.6 Å². The van der Waals surface area contributed by atoms with Gasteiger partial charge in [-0.25, -0.2) is 0 Å². The van der Waals surface area contributed by atoms with Gasteiger partial charge in [0, 0.05) is 26.0 Å². The summed E-state index contributed by atoms with van der Waals surface area (Å²) in [5.41, 5.74) is 4.49. The van der Waals surface area contributed by atoms with Gasteiger partial charge in [-0.3, -0.25) is 4.68 Å². The first kappa shape index (κ1) is 14.5. The van der Waals surface area contributed by atoms with E-state index in [9.17, 15) is 0 Å². The van der Waals surface area contributed by atoms with E-state index in [-0.39, 0.29) is 0 Å². The number of hydrogen-bond acceptors (Lipinski definition) is 2. The summed E-state index contributed by atoms with van der Waals surface area (Å²) in [6, 6.07) is 8.28. The van der Waals surface area contributed by atoms with Gasteiger partial charge in [0.05, 0.1) is 12.2 Å². The summed E-state index contributed by atoms with van der Waals surface area (Å²) < 4.78 is 1.80. The molecule has 0 amide bonds. The van der Waals surface area contributed by atoms with Gasteiger partial charge in [0.2, 0.25) is 0 Å². The van der Waals surface area contributed by atoms with Gasteiger partial charge in [0.25, 0.3) is 0 Å². The zero-order chi connectivity index (χ0) is 14.7. The lowest BCUT2D eigenvalue weighted by Gasteiger charge is -2.21. The molecule has 2 aromatic rings. The van der Waals surface area contributed by atoms with Crippen molar-refractivity contribution in [2.75, 3.05) is 12.4 Å². The Morgan fingerprint density at radius 3 is 2.70 bits per heavy atom. The molecule has 2 rings (SSSR count). The van der Waals surface area contributed by atoms with E-state index in [1.54, 1.807) is 4.68 Å². The normalized spacial score (nSPS) is 10.4. The van der Waals surface area contributed by atoms with Gasteiger partial charge in [0.1, 0.15) is 0 Å². The fourth-order valence-corrected chi connectivity index (χ4v) is 2.20. The Morgan fingerprint density at radius 1 is 1.35 bits per heavy atom. The molecule has 0 aliphatic rings. The van der Waals surface area contributed by atoms with E-state index in [1.807, 2.05) is 31.3 Å². The molecule has 1 N–H and O–H groups in total. The lowest BCUT2D eigenvalue weighted by molar-refractivity contribution is 0.495. The fourth-order valence-electron chi connectivity index (χ4n) is 2.03. The molecule has 5 heteroatoms. The van der Waals surface area contributed by atoms with E-state index in [4.69, 9.17) is 12.2 Å². The lowest BCUT2D eigenvalue weighted by atomic mass is 10.1. The maximum atomic E-state index is 5.44. The molecule has 0 radical (unpaired) electrons. The van der Waals surface area contributed by atoms with Gasteiger partial charge in [-0.15, -0.1) is 0 Å². The minimum Gasteiger partial charge on any atom is -0.346 e. The van der Waals surface area contributed by atoms with Crippen LogP contribution in [0, 0.1) is 13.8 Å². The van der Waals surface area contributed by atoms with Gasteiger partial charge < -0.3 is 10.2 Å². The maximum Gasteiger partial charge on any atom is 0.173 e. The van der Waals surface area contributed by atoms with Crippen molar-refractivity contribution in [1.82, 2.24) is 14.7 Å². The summed E-state index contributed by atoms with van der Waals surface area (Å²) in [4.78, 5) is 1.98. The van der Waals surface area contributed by atoms with Crippen molar-refractivity contribution in [3.8, 4) is 0 Å². The highest BCUT2D eigenvalue weighted by Gasteiger charge is 2.08. The highest BCUT2D eigenvalue weighted by Crippen LogP contribution is 2.16. The van der Waals surface area contributed by atoms with Gasteiger partial charge in [-0.05, 0) is 43.8 Å². The molecule has 1 aromatic heterocycles. The van der Waals surface area contributed by atoms with Crippen LogP contribution in [0.5, 0.6) is 0 Å². The fraction of sp³-hybridized carbons (Fsp3) is 0.333. The van der Waals surface area contributed by atoms with Crippen LogP contribution in [-0.4, -0.2) is 26.8 Å². The van der Waals surface area contributed by atoms with Gasteiger partial charge in [0.15, 0.2) is 5.11 Å². The monoisotopic (exact) mass is 288 g/mol. The van der Waals surface area contributed by atoms with E-state index in [2.05, 4.69) is 42.5 Å². The number of aryl methyl sites for hydroxylation is 3. The minimum absolute atomic E-state index is 0.692. The predicted octanol–water partition coefficient (Wildman–Crippen LogP) is 2.87. The van der Waals surface area contributed by atoms with Crippen molar-refractivity contribution in [2.45, 2.75) is 20.4 Å². The van der Waals surface area contributed by atoms with Crippen molar-refractivity contribution in [3.63, 3.8) is 0 Å². The Morgan fingerprint density at radius 2 is 2.10 bits per heavy atom. The Hall–Kier alpha value is -1.88. The Bertz CT molecular complexity index is 618. The van der Waals surface area contributed by atoms with Gasteiger partial charge in [-0.2, -0.15) is 5.10 Å². The highest BCUT2D eigenvalue weighted by atomic mass is 32.1. The maximum absolute atomic E-state index is 5.44. The first-order chi connectivity index (χ1) is 9.45. The zero-order valence-electron chi connectivity index (χ0n) is 12.3. The van der Waals surface area contributed by atoms with Crippen molar-refractivity contribution < 1.29 is 0 Å². The molecule has 1 heterocycles. The molecule has 0 unspecified atom stereocenters. The zero-order valence-corrected chi connectivity index (χ0v) is 13.2. The second kappa shape index (κ2) is 6.05. The molecule has 0 saturated carbocycles. The molecule has 0 atom stereocenters. The summed E-state index contributed by atoms with van der Waals surface area (Å²) in [6.07, 6.45) is 1.93. The van der Waals surface area contributed by atoms with Crippen molar-refractivity contribution >= 4 is 23.0 Å². The summed E-state index contributed by atoms with van der Waals surface area (Å²) in [5.74, 6) is 0. The summed E-state index contributed by atoms with van der Waals surface area (Å²) in [6.45, 7) is 4.86. The van der Waals surface area contributed by atoms with E-state index in [1.165, 1.54) is 11.1 Å². The van der Waals surface area contributed by atoms with E-state index in [0.717, 1.165) is 11.4 Å². The van der Waals surface area contributed by atoms with Crippen LogP contribution in [0.2, 0.25) is 0 Å². The first-order valence-corrected chi connectivity index (χ1v) is 6.94. The van der Waals surface area contributed by atoms with Crippen molar-refractivity contribution in [1.29, 1.82) is 0 Å². The summed E-state index contributed by atoms with van der Waals surface area (Å²) in [7, 11) is 3.88. The third kappa shape index (κ3) is 3.57. The van der Waals surface area contributed by atoms with Crippen LogP contribution in [0.1, 0.15) is 16.8 Å². The second-order valence-electron chi connectivity index (χ2n) is 5.09. The summed E-state index contributed by atoms with van der Waals surface area (Å²) in [5, 5.41) is 8.34. The third-order valence-electron chi connectivity index (χ3n) is 3.14. The van der Waals surface area contributed by atoms with Crippen molar-refractivity contribution in [3.05, 3.63) is 47.3 Å². The first-order valence-electron chi connectivity index (χ1n) is 6.53. The SMILES string of the molecule is Cc1ccc(NC(=S)N(C)Cc2ccn(C)n2)c(C)c1. The largest absolute Gasteiger partial charge is 0.346 e. The van der Waals surface area contributed by atoms with Gasteiger partial charge in [-0.1, -0.05) is 17.7 Å². The Labute approximate surface area is 125 Å². The smallest absolute Gasteiger partial charge is 0.173 e. The number of aromatic nitrogens is 2. The second-order valence-corrected chi connectivity index (χ2v) is 5.47. The molecular formula is C15H20N4S. The lowest BCUT2D eigenvalue weighted by Crippen LogP contribution is -2.31. The highest BCUT2D eigenvalue weighted by molar-refractivity contribution is 7.80. The van der Waals surface area contributed by atoms with E-state index in [0.29, 0.717) is 11.7 Å². The van der Waals surface area contributed by atoms with Crippen molar-refractivity contribution in [2.24, 2.45) is 7.05 Å². The number of benzene rings is 1. The number of thiocarbonyl (C=S) groups is 1. The number of rotatable bonds is 3. The van der Waals surface area contributed by atoms with E-state index < -0.39 is 0 Å². The minimum atomic E-state index is 0.692. The number of nitrogens with zero attached hydrogens (tertiary/aromatic N) is 3. The third-order valence-corrected chi connectivity index (χ3v) is 3.55. The number of anilines is 1. The molecule has 20 heavy (non-hydrogen) atoms. The Kier molecular flexibility index (Phi) is 4.39. The predicted molar refractivity (Wildman–Crippen MR) is 86.8 cm³/mol. The molecule has 0 aliphatic heterocycles. The van der Waals surface area contributed by atoms with E-state index >= 15 is 0 Å². The van der Waals surface area contributed by atoms with Crippen LogP contribution in [0.15, 0.2) is 30.5 Å². The molecule has 1 aromatic carbocycles. The van der Waals surface area contributed by atoms with Crippen LogP contribution < -0.4 is 5.32 Å². The summed E-state index contributed by atoms with van der Waals surface area (Å²) >= 11 is 5.44. The topological polar surface area (TPSA) is 33.1 Å². The molecule has 0 aliphatic carbocycles. The molecular weight excluding hydrogens is 268 g/mol. The van der Waals surface area contributed by atoms with Crippen LogP contribution in [0.4, 0.5) is 5.69 Å². The average Bonchev–Trinajstić information content (AvgIpc) is 2.78.